The third kappa shape index (κ3) is 11.0. The van der Waals surface area contributed by atoms with Gasteiger partial charge in [-0.2, -0.15) is 13.2 Å². The summed E-state index contributed by atoms with van der Waals surface area (Å²) < 4.78 is 45.8. The number of aliphatic imine (C=N–C) groups is 1. The molecule has 1 heterocycles. The van der Waals surface area contributed by atoms with Crippen molar-refractivity contribution in [1.82, 2.24) is 4.98 Å². The SMILES string of the molecule is C=Cc1c(C)cc(C(CCC)Cc2ccc(N)c(C=NC)c2)nc1-c1ccc(F)cc1.CCC(F)(F)F.NC=O. The predicted molar refractivity (Wildman–Crippen MR) is 157 cm³/mol. The van der Waals surface area contributed by atoms with Crippen LogP contribution in [0.15, 0.2) is 60.1 Å². The van der Waals surface area contributed by atoms with Crippen LogP contribution in [0.4, 0.5) is 23.2 Å². The summed E-state index contributed by atoms with van der Waals surface area (Å²) in [5.41, 5.74) is 18.0. The van der Waals surface area contributed by atoms with Crippen molar-refractivity contribution in [2.75, 3.05) is 12.8 Å². The number of alkyl halides is 3. The summed E-state index contributed by atoms with van der Waals surface area (Å²) in [6, 6.07) is 14.8. The molecule has 9 heteroatoms. The second-order valence-corrected chi connectivity index (χ2v) is 8.98. The number of nitrogen functional groups attached to an aromatic ring is 1. The molecule has 0 aliphatic rings. The van der Waals surface area contributed by atoms with Crippen molar-refractivity contribution in [3.05, 3.63) is 88.9 Å². The average molecular weight is 559 g/mol. The number of hydrogen-bond acceptors (Lipinski definition) is 4. The number of halogens is 4. The summed E-state index contributed by atoms with van der Waals surface area (Å²) in [6.45, 7) is 9.33. The van der Waals surface area contributed by atoms with Crippen LogP contribution in [0.2, 0.25) is 0 Å². The minimum Gasteiger partial charge on any atom is -0.398 e. The monoisotopic (exact) mass is 558 g/mol. The molecule has 0 radical (unpaired) electrons. The van der Waals surface area contributed by atoms with Crippen molar-refractivity contribution in [3.63, 3.8) is 0 Å². The summed E-state index contributed by atoms with van der Waals surface area (Å²) in [4.78, 5) is 17.7. The van der Waals surface area contributed by atoms with Gasteiger partial charge in [0.2, 0.25) is 6.41 Å². The van der Waals surface area contributed by atoms with E-state index in [1.165, 1.54) is 17.7 Å². The van der Waals surface area contributed by atoms with Crippen LogP contribution >= 0.6 is 0 Å². The maximum absolute atomic E-state index is 13.5. The van der Waals surface area contributed by atoms with Gasteiger partial charge < -0.3 is 11.5 Å². The Labute approximate surface area is 234 Å². The van der Waals surface area contributed by atoms with Gasteiger partial charge in [-0.1, -0.05) is 39.0 Å². The van der Waals surface area contributed by atoms with Crippen molar-refractivity contribution in [2.24, 2.45) is 10.7 Å². The van der Waals surface area contributed by atoms with Crippen molar-refractivity contribution < 1.29 is 22.4 Å². The van der Waals surface area contributed by atoms with Crippen LogP contribution in [0, 0.1) is 12.7 Å². The Morgan fingerprint density at radius 3 is 2.20 bits per heavy atom. The number of anilines is 1. The maximum Gasteiger partial charge on any atom is 0.388 e. The molecule has 1 amide bonds. The number of amides is 1. The number of aromatic nitrogens is 1. The van der Waals surface area contributed by atoms with Crippen LogP contribution in [0.5, 0.6) is 0 Å². The summed E-state index contributed by atoms with van der Waals surface area (Å²) in [5.74, 6) is 0.00668. The molecule has 3 rings (SSSR count). The second-order valence-electron chi connectivity index (χ2n) is 8.98. The zero-order chi connectivity index (χ0) is 30.3. The Morgan fingerprint density at radius 1 is 1.10 bits per heavy atom. The molecule has 0 saturated carbocycles. The maximum atomic E-state index is 13.5. The van der Waals surface area contributed by atoms with Gasteiger partial charge >= 0.3 is 6.18 Å². The number of carbonyl (C=O) groups excluding carboxylic acids is 1. The van der Waals surface area contributed by atoms with Crippen molar-refractivity contribution in [3.8, 4) is 11.3 Å². The van der Waals surface area contributed by atoms with E-state index < -0.39 is 12.6 Å². The number of nitrogens with two attached hydrogens (primary N) is 2. The van der Waals surface area contributed by atoms with Gasteiger partial charge in [0.05, 0.1) is 5.69 Å². The molecule has 1 atom stereocenters. The molecule has 0 bridgehead atoms. The van der Waals surface area contributed by atoms with E-state index in [0.29, 0.717) is 0 Å². The highest BCUT2D eigenvalue weighted by Crippen LogP contribution is 2.32. The van der Waals surface area contributed by atoms with Crippen LogP contribution in [-0.4, -0.2) is 30.8 Å². The number of hydrogen-bond donors (Lipinski definition) is 2. The van der Waals surface area contributed by atoms with Crippen LogP contribution in [-0.2, 0) is 11.2 Å². The van der Waals surface area contributed by atoms with Gasteiger partial charge in [0.15, 0.2) is 0 Å². The van der Waals surface area contributed by atoms with E-state index >= 15 is 0 Å². The number of carbonyl (C=O) groups is 1. The number of primary amides is 1. The molecule has 0 fully saturated rings. The highest BCUT2D eigenvalue weighted by molar-refractivity contribution is 5.87. The molecule has 1 aromatic heterocycles. The minimum atomic E-state index is -3.96. The smallest absolute Gasteiger partial charge is 0.388 e. The molecule has 0 saturated heterocycles. The minimum absolute atomic E-state index is 0.250. The summed E-state index contributed by atoms with van der Waals surface area (Å²) >= 11 is 0. The first-order valence-corrected chi connectivity index (χ1v) is 12.9. The molecule has 0 spiro atoms. The molecule has 40 heavy (non-hydrogen) atoms. The molecule has 0 aliphatic carbocycles. The fraction of sp³-hybridized carbons (Fsp3) is 0.323. The van der Waals surface area contributed by atoms with E-state index in [4.69, 9.17) is 15.5 Å². The first-order valence-electron chi connectivity index (χ1n) is 12.9. The number of rotatable bonds is 8. The molecule has 2 aromatic carbocycles. The second kappa shape index (κ2) is 16.8. The average Bonchev–Trinajstić information content (AvgIpc) is 2.91. The Balaban J connectivity index is 0.000000774. The molecule has 216 valence electrons. The lowest BCUT2D eigenvalue weighted by atomic mass is 9.89. The number of aryl methyl sites for hydroxylation is 1. The van der Waals surface area contributed by atoms with Gasteiger partial charge in [-0.25, -0.2) is 4.39 Å². The lowest BCUT2D eigenvalue weighted by molar-refractivity contribution is -0.130. The lowest BCUT2D eigenvalue weighted by Gasteiger charge is -2.20. The fourth-order valence-corrected chi connectivity index (χ4v) is 3.99. The largest absolute Gasteiger partial charge is 0.398 e. The number of pyridine rings is 1. The van der Waals surface area contributed by atoms with Gasteiger partial charge in [0.25, 0.3) is 0 Å². The highest BCUT2D eigenvalue weighted by atomic mass is 19.4. The molecule has 0 aliphatic heterocycles. The van der Waals surface area contributed by atoms with Crippen molar-refractivity contribution in [1.29, 1.82) is 0 Å². The van der Waals surface area contributed by atoms with E-state index in [9.17, 15) is 17.6 Å². The van der Waals surface area contributed by atoms with Gasteiger partial charge in [-0.3, -0.25) is 14.8 Å². The number of nitrogens with zero attached hydrogens (tertiary/aromatic N) is 2. The third-order valence-corrected chi connectivity index (χ3v) is 5.96. The van der Waals surface area contributed by atoms with Crippen LogP contribution in [0.25, 0.3) is 17.3 Å². The molecular formula is C31H38F4N4O. The topological polar surface area (TPSA) is 94.4 Å². The van der Waals surface area contributed by atoms with Gasteiger partial charge in [-0.05, 0) is 73.4 Å². The first-order chi connectivity index (χ1) is 18.9. The summed E-state index contributed by atoms with van der Waals surface area (Å²) in [6.07, 6.45) is 2.12. The standard InChI is InChI=1S/C27H30FN3.C3H5F3.CH3NO/c1-5-7-21(15-19-8-13-25(29)22(16-19)17-30-4)26-14-18(3)24(6-2)27(31-26)20-9-11-23(28)12-10-20;1-2-3(4,5)6;2-1-3/h6,8-14,16-17,21H,2,5,7,15,29H2,1,3-4H3;2H2,1H3;1H,(H2,2,3). The summed E-state index contributed by atoms with van der Waals surface area (Å²) in [7, 11) is 1.75. The molecule has 4 N–H and O–H groups in total. The molecule has 5 nitrogen and oxygen atoms in total. The zero-order valence-corrected chi connectivity index (χ0v) is 23.4. The third-order valence-electron chi connectivity index (χ3n) is 5.96. The van der Waals surface area contributed by atoms with E-state index in [2.05, 4.69) is 49.4 Å². The van der Waals surface area contributed by atoms with Crippen LogP contribution in [0.3, 0.4) is 0 Å². The van der Waals surface area contributed by atoms with Crippen LogP contribution < -0.4 is 11.5 Å². The highest BCUT2D eigenvalue weighted by Gasteiger charge is 2.22. The van der Waals surface area contributed by atoms with Crippen molar-refractivity contribution >= 4 is 24.4 Å². The van der Waals surface area contributed by atoms with E-state index in [1.807, 2.05) is 12.1 Å². The van der Waals surface area contributed by atoms with E-state index in [1.54, 1.807) is 25.4 Å². The summed E-state index contributed by atoms with van der Waals surface area (Å²) in [5, 5.41) is 0. The van der Waals surface area contributed by atoms with Gasteiger partial charge in [-0.15, -0.1) is 0 Å². The molecule has 3 aromatic rings. The Bertz CT molecular complexity index is 1260. The zero-order valence-electron chi connectivity index (χ0n) is 23.4. The van der Waals surface area contributed by atoms with E-state index in [-0.39, 0.29) is 18.1 Å². The van der Waals surface area contributed by atoms with E-state index in [0.717, 1.165) is 65.5 Å². The Morgan fingerprint density at radius 2 is 1.70 bits per heavy atom. The normalized spacial score (nSPS) is 11.6. The van der Waals surface area contributed by atoms with Gasteiger partial charge in [0.1, 0.15) is 5.82 Å². The Hall–Kier alpha value is -4.01. The van der Waals surface area contributed by atoms with Gasteiger partial charge in [0, 0.05) is 53.7 Å². The fourth-order valence-electron chi connectivity index (χ4n) is 3.99. The predicted octanol–water partition coefficient (Wildman–Crippen LogP) is 7.66. The van der Waals surface area contributed by atoms with Crippen molar-refractivity contribution in [2.45, 2.75) is 58.5 Å². The molecular weight excluding hydrogens is 520 g/mol. The number of benzene rings is 2. The lowest BCUT2D eigenvalue weighted by Crippen LogP contribution is -2.08. The first kappa shape index (κ1) is 34.0. The quantitative estimate of drug-likeness (QED) is 0.129. The Kier molecular flexibility index (Phi) is 14.3. The molecule has 1 unspecified atom stereocenters. The van der Waals surface area contributed by atoms with Crippen LogP contribution in [0.1, 0.15) is 67.0 Å².